The van der Waals surface area contributed by atoms with Gasteiger partial charge in [0, 0.05) is 22.1 Å². The average molecular weight is 534 g/mol. The van der Waals surface area contributed by atoms with Gasteiger partial charge in [0.15, 0.2) is 18.8 Å². The quantitative estimate of drug-likeness (QED) is 0.145. The zero-order valence-electron chi connectivity index (χ0n) is 21.9. The predicted molar refractivity (Wildman–Crippen MR) is 140 cm³/mol. The Labute approximate surface area is 223 Å². The number of ether oxygens (including phenoxy) is 2. The first kappa shape index (κ1) is 25.4. The zero-order chi connectivity index (χ0) is 27.5. The van der Waals surface area contributed by atoms with Gasteiger partial charge in [0.05, 0.1) is 50.2 Å². The zero-order valence-corrected chi connectivity index (χ0v) is 21.9. The van der Waals surface area contributed by atoms with Gasteiger partial charge in [-0.2, -0.15) is 0 Å². The molecule has 5 heterocycles. The minimum Gasteiger partial charge on any atom is -0.400 e. The molecule has 1 aromatic carbocycles. The van der Waals surface area contributed by atoms with Gasteiger partial charge in [0.25, 0.3) is 5.56 Å². The number of aliphatic hydroxyl groups excluding tert-OH is 1. The van der Waals surface area contributed by atoms with E-state index in [2.05, 4.69) is 6.07 Å². The van der Waals surface area contributed by atoms with E-state index in [0.29, 0.717) is 42.1 Å². The molecule has 11 heteroatoms. The lowest BCUT2D eigenvalue weighted by molar-refractivity contribution is -0.926. The van der Waals surface area contributed by atoms with Crippen molar-refractivity contribution >= 4 is 16.8 Å². The van der Waals surface area contributed by atoms with Crippen LogP contribution in [-0.2, 0) is 34.8 Å². The molecule has 2 aliphatic rings. The Morgan fingerprint density at radius 1 is 1.26 bits per heavy atom. The van der Waals surface area contributed by atoms with Crippen LogP contribution in [0.1, 0.15) is 35.8 Å². The summed E-state index contributed by atoms with van der Waals surface area (Å²) in [5.41, 5.74) is 2.80. The van der Waals surface area contributed by atoms with Crippen LogP contribution in [0.4, 0.5) is 5.88 Å². The van der Waals surface area contributed by atoms with E-state index in [1.807, 2.05) is 51.4 Å². The molecule has 11 nitrogen and oxygen atoms in total. The van der Waals surface area contributed by atoms with Crippen molar-refractivity contribution in [1.29, 1.82) is 0 Å². The number of furan rings is 1. The molecule has 0 saturated carbocycles. The smallest absolute Gasteiger partial charge is 0.400 e. The summed E-state index contributed by atoms with van der Waals surface area (Å²) in [7, 11) is 3.77. The number of benzene rings is 1. The predicted octanol–water partition coefficient (Wildman–Crippen LogP) is 3.63. The fraction of sp³-hybridized carbons (Fsp3) is 0.357. The minimum atomic E-state index is -1.30. The van der Waals surface area contributed by atoms with Crippen molar-refractivity contribution in [3.05, 3.63) is 91.4 Å². The fourth-order valence-corrected chi connectivity index (χ4v) is 5.59. The van der Waals surface area contributed by atoms with Gasteiger partial charge in [-0.05, 0) is 30.7 Å². The third kappa shape index (κ3) is 4.14. The summed E-state index contributed by atoms with van der Waals surface area (Å²) < 4.78 is 19.5. The van der Waals surface area contributed by atoms with E-state index in [-0.39, 0.29) is 29.3 Å². The maximum absolute atomic E-state index is 13.7. The molecule has 0 saturated heterocycles. The first-order valence-corrected chi connectivity index (χ1v) is 12.8. The van der Waals surface area contributed by atoms with E-state index in [1.165, 1.54) is 6.07 Å². The highest BCUT2D eigenvalue weighted by atomic mass is 16.7. The van der Waals surface area contributed by atoms with E-state index < -0.39 is 16.8 Å². The van der Waals surface area contributed by atoms with Gasteiger partial charge >= 0.3 is 5.88 Å². The van der Waals surface area contributed by atoms with Crippen molar-refractivity contribution in [2.75, 3.05) is 20.8 Å². The van der Waals surface area contributed by atoms with E-state index in [4.69, 9.17) is 18.9 Å². The summed E-state index contributed by atoms with van der Waals surface area (Å²) >= 11 is 0. The normalized spacial score (nSPS) is 20.1. The molecule has 202 valence electrons. The van der Waals surface area contributed by atoms with Crippen LogP contribution in [0.5, 0.6) is 0 Å². The maximum atomic E-state index is 13.7. The molecular formula is C28H29N4O7+. The fourth-order valence-electron chi connectivity index (χ4n) is 5.59. The van der Waals surface area contributed by atoms with Gasteiger partial charge < -0.3 is 23.6 Å². The van der Waals surface area contributed by atoms with Gasteiger partial charge in [0.1, 0.15) is 17.1 Å². The standard InChI is InChI=1S/C28H29N4O7/c1-4-28(38-16-32(2,3)14-19-9-10-24(39-19)31(35)36)21-12-23-25-18(11-17-7-5-6-8-22(17)29-25)13-30(23)26(33)20(21)15-37-27(28)34/h5-12,27,34H,4,13-16H2,1-3H3/q+1/t27?,28-/m0/s1. The summed E-state index contributed by atoms with van der Waals surface area (Å²) in [6.45, 7) is 2.69. The number of pyridine rings is 2. The van der Waals surface area contributed by atoms with Crippen LogP contribution in [0.2, 0.25) is 0 Å². The number of hydrogen-bond acceptors (Lipinski definition) is 8. The number of aliphatic hydroxyl groups is 1. The number of hydrogen-bond donors (Lipinski definition) is 1. The topological polar surface area (TPSA) is 130 Å². The molecule has 39 heavy (non-hydrogen) atoms. The molecule has 6 rings (SSSR count). The highest BCUT2D eigenvalue weighted by Gasteiger charge is 2.48. The van der Waals surface area contributed by atoms with E-state index >= 15 is 0 Å². The summed E-state index contributed by atoms with van der Waals surface area (Å²) in [6, 6.07) is 14.7. The lowest BCUT2D eigenvalue weighted by Crippen LogP contribution is -2.52. The first-order valence-electron chi connectivity index (χ1n) is 12.8. The Morgan fingerprint density at radius 3 is 2.79 bits per heavy atom. The van der Waals surface area contributed by atoms with Gasteiger partial charge in [-0.25, -0.2) is 4.98 Å². The second-order valence-corrected chi connectivity index (χ2v) is 10.8. The van der Waals surface area contributed by atoms with Crippen molar-refractivity contribution in [2.24, 2.45) is 0 Å². The van der Waals surface area contributed by atoms with Crippen LogP contribution < -0.4 is 5.56 Å². The third-order valence-corrected chi connectivity index (χ3v) is 7.62. The van der Waals surface area contributed by atoms with Gasteiger partial charge in [-0.15, -0.1) is 0 Å². The summed E-state index contributed by atoms with van der Waals surface area (Å²) in [6.07, 6.45) is -0.957. The molecule has 2 atom stereocenters. The molecule has 3 aromatic heterocycles. The van der Waals surface area contributed by atoms with Crippen LogP contribution in [0.25, 0.3) is 22.3 Å². The van der Waals surface area contributed by atoms with E-state index in [1.54, 1.807) is 10.6 Å². The second kappa shape index (κ2) is 9.09. The highest BCUT2D eigenvalue weighted by molar-refractivity contribution is 5.84. The molecule has 0 radical (unpaired) electrons. The van der Waals surface area contributed by atoms with Crippen LogP contribution in [-0.4, -0.2) is 51.2 Å². The molecule has 1 N–H and O–H groups in total. The highest BCUT2D eigenvalue weighted by Crippen LogP contribution is 2.43. The lowest BCUT2D eigenvalue weighted by atomic mass is 9.85. The molecular weight excluding hydrogens is 504 g/mol. The van der Waals surface area contributed by atoms with Gasteiger partial charge in [-0.3, -0.25) is 19.4 Å². The third-order valence-electron chi connectivity index (χ3n) is 7.62. The number of para-hydroxylation sites is 1. The summed E-state index contributed by atoms with van der Waals surface area (Å²) in [4.78, 5) is 29.0. The molecule has 0 fully saturated rings. The lowest BCUT2D eigenvalue weighted by Gasteiger charge is -2.43. The van der Waals surface area contributed by atoms with E-state index in [9.17, 15) is 20.0 Å². The van der Waals surface area contributed by atoms with Gasteiger partial charge in [0.2, 0.25) is 0 Å². The largest absolute Gasteiger partial charge is 0.433 e. The van der Waals surface area contributed by atoms with Crippen molar-refractivity contribution in [1.82, 2.24) is 9.55 Å². The Morgan fingerprint density at radius 2 is 2.05 bits per heavy atom. The SMILES string of the molecule is CC[C@]1(OC[N+](C)(C)Cc2ccc([N+](=O)[O-])o2)c2cc3n(c(=O)c2COC1O)Cc1cc2ccccc2nc1-3. The number of nitro groups is 1. The molecule has 0 bridgehead atoms. The molecule has 0 amide bonds. The monoisotopic (exact) mass is 533 g/mol. The van der Waals surface area contributed by atoms with Crippen LogP contribution in [0.15, 0.2) is 57.7 Å². The molecule has 1 unspecified atom stereocenters. The molecule has 2 aliphatic heterocycles. The Balaban J connectivity index is 1.37. The number of nitrogens with zero attached hydrogens (tertiary/aromatic N) is 4. The summed E-state index contributed by atoms with van der Waals surface area (Å²) in [5.74, 6) is 0.115. The number of quaternary nitrogens is 1. The van der Waals surface area contributed by atoms with Crippen LogP contribution in [0, 0.1) is 10.1 Å². The first-order chi connectivity index (χ1) is 18.6. The average Bonchev–Trinajstić information content (AvgIpc) is 3.52. The number of fused-ring (bicyclic) bond motifs is 5. The van der Waals surface area contributed by atoms with Crippen molar-refractivity contribution in [2.45, 2.75) is 44.9 Å². The Hall–Kier alpha value is -3.90. The molecule has 4 aromatic rings. The Bertz CT molecular complexity index is 1670. The molecule has 0 spiro atoms. The van der Waals surface area contributed by atoms with E-state index in [0.717, 1.165) is 22.2 Å². The second-order valence-electron chi connectivity index (χ2n) is 10.8. The van der Waals surface area contributed by atoms with Crippen molar-refractivity contribution in [3.8, 4) is 11.4 Å². The minimum absolute atomic E-state index is 0.0270. The van der Waals surface area contributed by atoms with Crippen LogP contribution in [0.3, 0.4) is 0 Å². The maximum Gasteiger partial charge on any atom is 0.433 e. The number of rotatable bonds is 7. The van der Waals surface area contributed by atoms with Gasteiger partial charge in [-0.1, -0.05) is 25.1 Å². The Kier molecular flexibility index (Phi) is 5.92. The van der Waals surface area contributed by atoms with Crippen LogP contribution >= 0.6 is 0 Å². The van der Waals surface area contributed by atoms with Crippen molar-refractivity contribution in [3.63, 3.8) is 0 Å². The molecule has 0 aliphatic carbocycles. The van der Waals surface area contributed by atoms with Crippen molar-refractivity contribution < 1.29 is 28.4 Å². The number of aromatic nitrogens is 2. The summed E-state index contributed by atoms with van der Waals surface area (Å²) in [5, 5.41) is 23.1.